The van der Waals surface area contributed by atoms with Crippen molar-refractivity contribution < 1.29 is 4.48 Å². The lowest BCUT2D eigenvalue weighted by atomic mass is 9.90. The molecule has 14 heavy (non-hydrogen) atoms. The Balaban J connectivity index is 2.69. The van der Waals surface area contributed by atoms with Gasteiger partial charge in [-0.15, -0.1) is 13.2 Å². The fourth-order valence-electron chi connectivity index (χ4n) is 2.72. The molecule has 1 heteroatoms. The fraction of sp³-hybridized carbons (Fsp3) is 0.692. The molecule has 1 fully saturated rings. The zero-order valence-corrected chi connectivity index (χ0v) is 9.71. The van der Waals surface area contributed by atoms with E-state index in [9.17, 15) is 0 Å². The van der Waals surface area contributed by atoms with Gasteiger partial charge < -0.3 is 4.48 Å². The second-order valence-electron chi connectivity index (χ2n) is 4.92. The molecule has 1 aliphatic heterocycles. The van der Waals surface area contributed by atoms with Gasteiger partial charge in [0.25, 0.3) is 0 Å². The van der Waals surface area contributed by atoms with Gasteiger partial charge >= 0.3 is 0 Å². The van der Waals surface area contributed by atoms with Crippen molar-refractivity contribution in [3.05, 3.63) is 25.3 Å². The summed E-state index contributed by atoms with van der Waals surface area (Å²) in [5, 5.41) is 0. The second kappa shape index (κ2) is 4.79. The number of hydrogen-bond donors (Lipinski definition) is 0. The first-order valence-electron chi connectivity index (χ1n) is 5.68. The summed E-state index contributed by atoms with van der Waals surface area (Å²) in [6.07, 6.45) is 10.5. The number of quaternary nitrogens is 1. The minimum absolute atomic E-state index is 0.770. The normalized spacial score (nSPS) is 31.0. The van der Waals surface area contributed by atoms with Gasteiger partial charge in [-0.05, 0) is 19.3 Å². The van der Waals surface area contributed by atoms with Gasteiger partial charge in [-0.2, -0.15) is 0 Å². The zero-order chi connectivity index (χ0) is 10.6. The summed E-state index contributed by atoms with van der Waals surface area (Å²) in [5.41, 5.74) is 0. The SMILES string of the molecule is C=CC[C@@H]1CCC[C@H](CC=C)[N+]1(C)C. The molecule has 0 aromatic heterocycles. The number of likely N-dealkylation sites (tertiary alicyclic amines) is 1. The van der Waals surface area contributed by atoms with Gasteiger partial charge in [0, 0.05) is 12.8 Å². The molecule has 1 nitrogen and oxygen atoms in total. The maximum absolute atomic E-state index is 3.86. The largest absolute Gasteiger partial charge is 0.323 e. The van der Waals surface area contributed by atoms with Crippen LogP contribution in [0.2, 0.25) is 0 Å². The summed E-state index contributed by atoms with van der Waals surface area (Å²) in [6.45, 7) is 7.72. The van der Waals surface area contributed by atoms with Crippen molar-refractivity contribution in [2.24, 2.45) is 0 Å². The van der Waals surface area contributed by atoms with Crippen LogP contribution in [0.4, 0.5) is 0 Å². The first kappa shape index (κ1) is 11.5. The molecule has 0 bridgehead atoms. The quantitative estimate of drug-likeness (QED) is 0.476. The fourth-order valence-corrected chi connectivity index (χ4v) is 2.72. The zero-order valence-electron chi connectivity index (χ0n) is 9.71. The van der Waals surface area contributed by atoms with Crippen LogP contribution in [0.5, 0.6) is 0 Å². The second-order valence-corrected chi connectivity index (χ2v) is 4.92. The van der Waals surface area contributed by atoms with Gasteiger partial charge in [-0.25, -0.2) is 0 Å². The van der Waals surface area contributed by atoms with Crippen LogP contribution in [0.1, 0.15) is 32.1 Å². The van der Waals surface area contributed by atoms with Crippen molar-refractivity contribution in [3.63, 3.8) is 0 Å². The van der Waals surface area contributed by atoms with Gasteiger partial charge in [-0.1, -0.05) is 12.2 Å². The number of nitrogens with zero attached hydrogens (tertiary/aromatic N) is 1. The average Bonchev–Trinajstić information content (AvgIpc) is 2.13. The lowest BCUT2D eigenvalue weighted by molar-refractivity contribution is -0.943. The Kier molecular flexibility index (Phi) is 3.94. The average molecular weight is 194 g/mol. The molecular weight excluding hydrogens is 170 g/mol. The van der Waals surface area contributed by atoms with Gasteiger partial charge in [0.05, 0.1) is 26.2 Å². The van der Waals surface area contributed by atoms with Crippen LogP contribution in [-0.4, -0.2) is 30.7 Å². The molecule has 2 atom stereocenters. The Morgan fingerprint density at radius 1 is 1.07 bits per heavy atom. The lowest BCUT2D eigenvalue weighted by Crippen LogP contribution is -2.57. The van der Waals surface area contributed by atoms with Crippen molar-refractivity contribution in [2.45, 2.75) is 44.2 Å². The predicted octanol–water partition coefficient (Wildman–Crippen LogP) is 3.14. The summed E-state index contributed by atoms with van der Waals surface area (Å²) in [5.74, 6) is 0. The molecule has 0 aromatic rings. The molecule has 0 unspecified atom stereocenters. The van der Waals surface area contributed by atoms with Gasteiger partial charge in [0.1, 0.15) is 0 Å². The Morgan fingerprint density at radius 3 is 1.86 bits per heavy atom. The summed E-state index contributed by atoms with van der Waals surface area (Å²) < 4.78 is 1.15. The maximum atomic E-state index is 3.86. The highest BCUT2D eigenvalue weighted by molar-refractivity contribution is 4.82. The first-order chi connectivity index (χ1) is 6.62. The van der Waals surface area contributed by atoms with Crippen LogP contribution in [-0.2, 0) is 0 Å². The molecule has 0 aromatic carbocycles. The topological polar surface area (TPSA) is 0 Å². The van der Waals surface area contributed by atoms with E-state index in [4.69, 9.17) is 0 Å². The van der Waals surface area contributed by atoms with E-state index in [-0.39, 0.29) is 0 Å². The molecule has 0 aliphatic carbocycles. The standard InChI is InChI=1S/C13H24N/c1-5-8-12-10-7-11-13(9-6-2)14(12,3)4/h5-6,12-13H,1-2,7-11H2,3-4H3/q+1/t12-,13+. The molecule has 0 saturated carbocycles. The molecule has 0 amide bonds. The van der Waals surface area contributed by atoms with Crippen molar-refractivity contribution in [3.8, 4) is 0 Å². The monoisotopic (exact) mass is 194 g/mol. The minimum atomic E-state index is 0.770. The highest BCUT2D eigenvalue weighted by Gasteiger charge is 2.37. The van der Waals surface area contributed by atoms with E-state index in [1.807, 2.05) is 0 Å². The highest BCUT2D eigenvalue weighted by Crippen LogP contribution is 2.31. The third-order valence-corrected chi connectivity index (χ3v) is 3.83. The molecule has 1 saturated heterocycles. The molecule has 0 radical (unpaired) electrons. The Hall–Kier alpha value is -0.560. The highest BCUT2D eigenvalue weighted by atomic mass is 15.4. The Bertz CT molecular complexity index is 185. The van der Waals surface area contributed by atoms with Crippen LogP contribution < -0.4 is 0 Å². The Labute approximate surface area is 88.7 Å². The lowest BCUT2D eigenvalue weighted by Gasteiger charge is -2.47. The van der Waals surface area contributed by atoms with Gasteiger partial charge in [-0.3, -0.25) is 0 Å². The first-order valence-corrected chi connectivity index (χ1v) is 5.68. The molecule has 0 N–H and O–H groups in total. The van der Waals surface area contributed by atoms with Gasteiger partial charge in [0.15, 0.2) is 0 Å². The van der Waals surface area contributed by atoms with Crippen LogP contribution in [0.15, 0.2) is 25.3 Å². The molecule has 1 rings (SSSR count). The van der Waals surface area contributed by atoms with Crippen molar-refractivity contribution in [2.75, 3.05) is 14.1 Å². The maximum Gasteiger partial charge on any atom is 0.0923 e. The molecule has 1 aliphatic rings. The number of piperidine rings is 1. The van der Waals surface area contributed by atoms with Crippen LogP contribution in [0.25, 0.3) is 0 Å². The summed E-state index contributed by atoms with van der Waals surface area (Å²) in [6, 6.07) is 1.54. The van der Waals surface area contributed by atoms with Crippen LogP contribution in [0.3, 0.4) is 0 Å². The number of hydrogen-bond acceptors (Lipinski definition) is 0. The van der Waals surface area contributed by atoms with Crippen LogP contribution in [0, 0.1) is 0 Å². The minimum Gasteiger partial charge on any atom is -0.323 e. The summed E-state index contributed by atoms with van der Waals surface area (Å²) >= 11 is 0. The van der Waals surface area contributed by atoms with E-state index in [0.29, 0.717) is 0 Å². The molecule has 1 heterocycles. The van der Waals surface area contributed by atoms with E-state index in [1.165, 1.54) is 19.3 Å². The third-order valence-electron chi connectivity index (χ3n) is 3.83. The van der Waals surface area contributed by atoms with Crippen molar-refractivity contribution in [1.82, 2.24) is 0 Å². The van der Waals surface area contributed by atoms with E-state index in [0.717, 1.165) is 29.4 Å². The smallest absolute Gasteiger partial charge is 0.0923 e. The van der Waals surface area contributed by atoms with Gasteiger partial charge in [0.2, 0.25) is 0 Å². The third kappa shape index (κ3) is 2.27. The summed E-state index contributed by atoms with van der Waals surface area (Å²) in [4.78, 5) is 0. The molecule has 80 valence electrons. The van der Waals surface area contributed by atoms with E-state index in [2.05, 4.69) is 39.4 Å². The Morgan fingerprint density at radius 2 is 1.50 bits per heavy atom. The summed E-state index contributed by atoms with van der Waals surface area (Å²) in [7, 11) is 4.73. The van der Waals surface area contributed by atoms with Crippen molar-refractivity contribution in [1.29, 1.82) is 0 Å². The van der Waals surface area contributed by atoms with Crippen LogP contribution >= 0.6 is 0 Å². The van der Waals surface area contributed by atoms with Crippen molar-refractivity contribution >= 4 is 0 Å². The molecule has 0 spiro atoms. The predicted molar refractivity (Wildman–Crippen MR) is 63.2 cm³/mol. The van der Waals surface area contributed by atoms with E-state index < -0.39 is 0 Å². The van der Waals surface area contributed by atoms with E-state index in [1.54, 1.807) is 0 Å². The molecular formula is C13H24N+. The number of rotatable bonds is 4. The van der Waals surface area contributed by atoms with E-state index >= 15 is 0 Å².